The van der Waals surface area contributed by atoms with E-state index in [0.717, 1.165) is 22.2 Å². The minimum Gasteiger partial charge on any atom is -0.293 e. The van der Waals surface area contributed by atoms with Crippen molar-refractivity contribution in [1.29, 1.82) is 0 Å². The second-order valence-electron chi connectivity index (χ2n) is 5.77. The molecule has 1 N–H and O–H groups in total. The lowest BCUT2D eigenvalue weighted by Crippen LogP contribution is -2.14. The van der Waals surface area contributed by atoms with Crippen LogP contribution in [0.2, 0.25) is 0 Å². The molecule has 8 heteroatoms. The van der Waals surface area contributed by atoms with Crippen LogP contribution in [-0.2, 0) is 10.0 Å². The number of rotatable bonds is 6. The highest BCUT2D eigenvalue weighted by molar-refractivity contribution is 8.00. The summed E-state index contributed by atoms with van der Waals surface area (Å²) in [6.45, 7) is 1.83. The third-order valence-corrected chi connectivity index (χ3v) is 5.36. The van der Waals surface area contributed by atoms with Crippen LogP contribution in [0.1, 0.15) is 17.3 Å². The van der Waals surface area contributed by atoms with E-state index in [1.54, 1.807) is 24.3 Å². The first-order chi connectivity index (χ1) is 12.3. The van der Waals surface area contributed by atoms with Crippen molar-refractivity contribution in [3.63, 3.8) is 0 Å². The number of thioether (sulfide) groups is 1. The number of carbonyl (C=O) groups is 1. The zero-order valence-electron chi connectivity index (χ0n) is 14.2. The summed E-state index contributed by atoms with van der Waals surface area (Å²) in [4.78, 5) is 21.2. The van der Waals surface area contributed by atoms with E-state index in [4.69, 9.17) is 0 Å². The van der Waals surface area contributed by atoms with E-state index in [9.17, 15) is 13.2 Å². The van der Waals surface area contributed by atoms with Gasteiger partial charge >= 0.3 is 0 Å². The number of hydrogen-bond acceptors (Lipinski definition) is 6. The second-order valence-corrected chi connectivity index (χ2v) is 8.85. The molecule has 1 atom stereocenters. The molecule has 6 nitrogen and oxygen atoms in total. The predicted molar refractivity (Wildman–Crippen MR) is 104 cm³/mol. The molecule has 0 aliphatic heterocycles. The van der Waals surface area contributed by atoms with Crippen LogP contribution in [0, 0.1) is 0 Å². The summed E-state index contributed by atoms with van der Waals surface area (Å²) in [6, 6.07) is 14.0. The van der Waals surface area contributed by atoms with Gasteiger partial charge in [-0.25, -0.2) is 18.4 Å². The van der Waals surface area contributed by atoms with Gasteiger partial charge in [0.2, 0.25) is 10.0 Å². The molecule has 26 heavy (non-hydrogen) atoms. The normalized spacial score (nSPS) is 12.7. The first kappa shape index (κ1) is 18.3. The van der Waals surface area contributed by atoms with Crippen molar-refractivity contribution in [1.82, 2.24) is 9.97 Å². The number of ketones is 1. The van der Waals surface area contributed by atoms with Crippen LogP contribution in [0.4, 0.5) is 5.69 Å². The van der Waals surface area contributed by atoms with Crippen molar-refractivity contribution < 1.29 is 13.2 Å². The maximum Gasteiger partial charge on any atom is 0.229 e. The summed E-state index contributed by atoms with van der Waals surface area (Å²) >= 11 is 1.38. The van der Waals surface area contributed by atoms with Crippen molar-refractivity contribution >= 4 is 44.2 Å². The van der Waals surface area contributed by atoms with Gasteiger partial charge < -0.3 is 0 Å². The summed E-state index contributed by atoms with van der Waals surface area (Å²) in [5.74, 6) is -0.0522. The number of nitrogens with zero attached hydrogens (tertiary/aromatic N) is 2. The third-order valence-electron chi connectivity index (χ3n) is 3.64. The van der Waals surface area contributed by atoms with Crippen LogP contribution in [0.3, 0.4) is 0 Å². The lowest BCUT2D eigenvalue weighted by molar-refractivity contribution is 0.0994. The first-order valence-electron chi connectivity index (χ1n) is 7.82. The van der Waals surface area contributed by atoms with Gasteiger partial charge in [-0.1, -0.05) is 30.0 Å². The van der Waals surface area contributed by atoms with E-state index < -0.39 is 10.0 Å². The molecule has 134 valence electrons. The van der Waals surface area contributed by atoms with Crippen molar-refractivity contribution in [2.24, 2.45) is 0 Å². The quantitative estimate of drug-likeness (QED) is 0.396. The summed E-state index contributed by atoms with van der Waals surface area (Å²) in [5, 5.41) is 1.32. The number of benzene rings is 2. The first-order valence-corrected chi connectivity index (χ1v) is 10.6. The van der Waals surface area contributed by atoms with Crippen LogP contribution in [0.5, 0.6) is 0 Å². The third kappa shape index (κ3) is 4.39. The number of aromatic nitrogens is 2. The molecular weight excluding hydrogens is 370 g/mol. The van der Waals surface area contributed by atoms with Crippen molar-refractivity contribution in [2.75, 3.05) is 11.0 Å². The molecule has 0 saturated heterocycles. The number of para-hydroxylation sites is 1. The molecule has 0 aliphatic rings. The molecule has 0 radical (unpaired) electrons. The second kappa shape index (κ2) is 7.43. The molecule has 0 unspecified atom stereocenters. The number of sulfonamides is 1. The fourth-order valence-corrected chi connectivity index (χ4v) is 4.00. The molecule has 3 rings (SSSR count). The number of fused-ring (bicyclic) bond motifs is 1. The Morgan fingerprint density at radius 2 is 1.77 bits per heavy atom. The van der Waals surface area contributed by atoms with Crippen LogP contribution >= 0.6 is 11.8 Å². The number of hydrogen-bond donors (Lipinski definition) is 1. The average molecular weight is 387 g/mol. The summed E-state index contributed by atoms with van der Waals surface area (Å²) in [7, 11) is -3.34. The molecular formula is C18H17N3O3S2. The Morgan fingerprint density at radius 3 is 2.46 bits per heavy atom. The highest BCUT2D eigenvalue weighted by atomic mass is 32.2. The molecule has 0 amide bonds. The summed E-state index contributed by atoms with van der Waals surface area (Å²) in [5.41, 5.74) is 1.77. The fourth-order valence-electron chi connectivity index (χ4n) is 2.45. The van der Waals surface area contributed by atoms with Crippen LogP contribution in [0.25, 0.3) is 10.9 Å². The molecule has 0 spiro atoms. The molecule has 0 saturated carbocycles. The topological polar surface area (TPSA) is 89.0 Å². The van der Waals surface area contributed by atoms with Crippen LogP contribution in [-0.4, -0.2) is 35.7 Å². The van der Waals surface area contributed by atoms with Gasteiger partial charge in [-0.3, -0.25) is 9.52 Å². The van der Waals surface area contributed by atoms with E-state index >= 15 is 0 Å². The van der Waals surface area contributed by atoms with Gasteiger partial charge in [0.1, 0.15) is 11.4 Å². The maximum absolute atomic E-state index is 12.7. The number of nitrogens with one attached hydrogen (secondary N) is 1. The standard InChI is InChI=1S/C18H17N3O3S2/c1-12(25-18-15-5-3-4-6-16(15)19-11-20-18)17(22)13-7-9-14(10-8-13)21-26(2,23)24/h3-12,21H,1-2H3/t12-/m0/s1. The minimum atomic E-state index is -3.34. The van der Waals surface area contributed by atoms with Crippen molar-refractivity contribution in [2.45, 2.75) is 17.2 Å². The zero-order valence-corrected chi connectivity index (χ0v) is 15.8. The Morgan fingerprint density at radius 1 is 1.08 bits per heavy atom. The molecule has 0 aliphatic carbocycles. The van der Waals surface area contributed by atoms with E-state index in [2.05, 4.69) is 14.7 Å². The largest absolute Gasteiger partial charge is 0.293 e. The Labute approximate surface area is 156 Å². The Balaban J connectivity index is 1.77. The SMILES string of the molecule is C[C@H](Sc1ncnc2ccccc12)C(=O)c1ccc(NS(C)(=O)=O)cc1. The van der Waals surface area contributed by atoms with Gasteiger partial charge in [-0.15, -0.1) is 0 Å². The Kier molecular flexibility index (Phi) is 5.24. The van der Waals surface area contributed by atoms with E-state index in [0.29, 0.717) is 11.3 Å². The molecule has 0 bridgehead atoms. The number of carbonyl (C=O) groups excluding carboxylic acids is 1. The Bertz CT molecular complexity index is 1050. The number of anilines is 1. The molecule has 1 aromatic heterocycles. The van der Waals surface area contributed by atoms with Gasteiger partial charge in [0.25, 0.3) is 0 Å². The monoisotopic (exact) mass is 387 g/mol. The van der Waals surface area contributed by atoms with Gasteiger partial charge in [-0.2, -0.15) is 0 Å². The minimum absolute atomic E-state index is 0.0522. The molecule has 0 fully saturated rings. The molecule has 1 heterocycles. The van der Waals surface area contributed by atoms with Crippen molar-refractivity contribution in [3.8, 4) is 0 Å². The van der Waals surface area contributed by atoms with Crippen LogP contribution in [0.15, 0.2) is 59.9 Å². The molecule has 2 aromatic carbocycles. The highest BCUT2D eigenvalue weighted by Gasteiger charge is 2.18. The zero-order chi connectivity index (χ0) is 18.7. The van der Waals surface area contributed by atoms with Crippen LogP contribution < -0.4 is 4.72 Å². The van der Waals surface area contributed by atoms with E-state index in [-0.39, 0.29) is 11.0 Å². The fraction of sp³-hybridized carbons (Fsp3) is 0.167. The lowest BCUT2D eigenvalue weighted by Gasteiger charge is -2.12. The summed E-state index contributed by atoms with van der Waals surface area (Å²) in [6.07, 6.45) is 2.57. The lowest BCUT2D eigenvalue weighted by atomic mass is 10.1. The van der Waals surface area contributed by atoms with Gasteiger partial charge in [-0.05, 0) is 37.3 Å². The predicted octanol–water partition coefficient (Wildman–Crippen LogP) is 3.36. The number of Topliss-reactive ketones (excluding diaryl/α,β-unsaturated/α-hetero) is 1. The smallest absolute Gasteiger partial charge is 0.229 e. The van der Waals surface area contributed by atoms with Gasteiger partial charge in [0.05, 0.1) is 17.0 Å². The average Bonchev–Trinajstić information content (AvgIpc) is 2.61. The highest BCUT2D eigenvalue weighted by Crippen LogP contribution is 2.29. The van der Waals surface area contributed by atoms with Gasteiger partial charge in [0, 0.05) is 16.6 Å². The van der Waals surface area contributed by atoms with E-state index in [1.165, 1.54) is 18.1 Å². The van der Waals surface area contributed by atoms with Crippen molar-refractivity contribution in [3.05, 3.63) is 60.4 Å². The van der Waals surface area contributed by atoms with Gasteiger partial charge in [0.15, 0.2) is 5.78 Å². The summed E-state index contributed by atoms with van der Waals surface area (Å²) < 4.78 is 24.9. The Hall–Kier alpha value is -2.45. The maximum atomic E-state index is 12.7. The van der Waals surface area contributed by atoms with E-state index in [1.807, 2.05) is 31.2 Å². The molecule has 3 aromatic rings.